The molecule has 0 spiro atoms. The maximum absolute atomic E-state index is 14.5. The van der Waals surface area contributed by atoms with Gasteiger partial charge in [0.1, 0.15) is 5.67 Å². The topological polar surface area (TPSA) is 96.2 Å². The van der Waals surface area contributed by atoms with Gasteiger partial charge in [-0.15, -0.1) is 0 Å². The molecule has 39 heavy (non-hydrogen) atoms. The second kappa shape index (κ2) is 10.6. The van der Waals surface area contributed by atoms with Gasteiger partial charge in [0.15, 0.2) is 0 Å². The standard InChI is InChI=1S/C30H37F3N4O2/c1-29(2,33)16-24(28(39)37-30(34)13-14-30)36-25(26(31)32)20-9-5-18(6-10-20)17-3-7-19(8-4-17)22-15-23(22)27(38)35-21-11-12-21/h3-10,21-26,36H,11-16,34H2,1-2H3,(H,35,38)(H,37,39)/t22?,23-,24+,25+/m1/s1. The molecule has 2 aromatic carbocycles. The van der Waals surface area contributed by atoms with Gasteiger partial charge < -0.3 is 16.4 Å². The van der Waals surface area contributed by atoms with Crippen molar-refractivity contribution in [3.63, 3.8) is 0 Å². The fraction of sp³-hybridized carbons (Fsp3) is 0.533. The van der Waals surface area contributed by atoms with Crippen molar-refractivity contribution in [2.75, 3.05) is 0 Å². The molecular weight excluding hydrogens is 505 g/mol. The molecule has 0 saturated heterocycles. The van der Waals surface area contributed by atoms with Gasteiger partial charge in [0.05, 0.1) is 17.7 Å². The highest BCUT2D eigenvalue weighted by atomic mass is 19.3. The third-order valence-corrected chi connectivity index (χ3v) is 7.79. The van der Waals surface area contributed by atoms with E-state index in [1.807, 2.05) is 24.3 Å². The predicted octanol–water partition coefficient (Wildman–Crippen LogP) is 4.70. The van der Waals surface area contributed by atoms with Crippen LogP contribution in [0.5, 0.6) is 0 Å². The Kier molecular flexibility index (Phi) is 7.50. The lowest BCUT2D eigenvalue weighted by molar-refractivity contribution is -0.125. The fourth-order valence-electron chi connectivity index (χ4n) is 5.03. The molecule has 2 amide bonds. The number of hydrogen-bond donors (Lipinski definition) is 4. The van der Waals surface area contributed by atoms with Crippen molar-refractivity contribution >= 4 is 11.8 Å². The first-order valence-corrected chi connectivity index (χ1v) is 13.8. The van der Waals surface area contributed by atoms with Gasteiger partial charge in [-0.1, -0.05) is 48.5 Å². The van der Waals surface area contributed by atoms with Gasteiger partial charge >= 0.3 is 0 Å². The van der Waals surface area contributed by atoms with Gasteiger partial charge in [-0.2, -0.15) is 0 Å². The Balaban J connectivity index is 1.24. The lowest BCUT2D eigenvalue weighted by Gasteiger charge is -2.29. The zero-order chi connectivity index (χ0) is 27.9. The van der Waals surface area contributed by atoms with Crippen LogP contribution < -0.4 is 21.7 Å². The molecule has 4 atom stereocenters. The van der Waals surface area contributed by atoms with Crippen LogP contribution in [0.2, 0.25) is 0 Å². The zero-order valence-electron chi connectivity index (χ0n) is 22.4. The Morgan fingerprint density at radius 1 is 1.03 bits per heavy atom. The van der Waals surface area contributed by atoms with Crippen molar-refractivity contribution < 1.29 is 22.8 Å². The zero-order valence-corrected chi connectivity index (χ0v) is 22.4. The molecule has 0 heterocycles. The molecule has 210 valence electrons. The lowest BCUT2D eigenvalue weighted by atomic mass is 9.96. The molecule has 2 aromatic rings. The summed E-state index contributed by atoms with van der Waals surface area (Å²) in [7, 11) is 0. The molecular formula is C30H37F3N4O2. The summed E-state index contributed by atoms with van der Waals surface area (Å²) >= 11 is 0. The lowest BCUT2D eigenvalue weighted by Crippen LogP contribution is -2.54. The minimum absolute atomic E-state index is 0.0445. The van der Waals surface area contributed by atoms with E-state index in [1.165, 1.54) is 13.8 Å². The summed E-state index contributed by atoms with van der Waals surface area (Å²) in [4.78, 5) is 25.1. The first-order chi connectivity index (χ1) is 18.4. The van der Waals surface area contributed by atoms with E-state index in [-0.39, 0.29) is 24.2 Å². The van der Waals surface area contributed by atoms with Gasteiger partial charge in [-0.25, -0.2) is 13.2 Å². The quantitative estimate of drug-likeness (QED) is 0.292. The summed E-state index contributed by atoms with van der Waals surface area (Å²) in [6, 6.07) is 12.5. The van der Waals surface area contributed by atoms with E-state index in [2.05, 4.69) is 16.0 Å². The second-order valence-corrected chi connectivity index (χ2v) is 12.1. The summed E-state index contributed by atoms with van der Waals surface area (Å²) in [6.07, 6.45) is 1.12. The molecule has 3 aliphatic rings. The summed E-state index contributed by atoms with van der Waals surface area (Å²) in [5.74, 6) is -0.144. The van der Waals surface area contributed by atoms with Crippen LogP contribution >= 0.6 is 0 Å². The number of alkyl halides is 3. The number of rotatable bonds is 12. The van der Waals surface area contributed by atoms with Gasteiger partial charge in [0, 0.05) is 18.4 Å². The molecule has 3 saturated carbocycles. The Bertz CT molecular complexity index is 1190. The van der Waals surface area contributed by atoms with Crippen LogP contribution in [0.3, 0.4) is 0 Å². The smallest absolute Gasteiger partial charge is 0.257 e. The minimum Gasteiger partial charge on any atom is -0.353 e. The third kappa shape index (κ3) is 7.19. The number of carbonyl (C=O) groups excluding carboxylic acids is 2. The van der Waals surface area contributed by atoms with Crippen LogP contribution in [0.4, 0.5) is 13.2 Å². The summed E-state index contributed by atoms with van der Waals surface area (Å²) < 4.78 is 42.8. The van der Waals surface area contributed by atoms with Gasteiger partial charge in [-0.3, -0.25) is 14.9 Å². The fourth-order valence-corrected chi connectivity index (χ4v) is 5.03. The Labute approximate surface area is 227 Å². The van der Waals surface area contributed by atoms with E-state index < -0.39 is 35.7 Å². The molecule has 9 heteroatoms. The third-order valence-electron chi connectivity index (χ3n) is 7.79. The molecule has 0 aromatic heterocycles. The van der Waals surface area contributed by atoms with Crippen molar-refractivity contribution in [1.82, 2.24) is 16.0 Å². The molecule has 3 fully saturated rings. The molecule has 1 unspecified atom stereocenters. The molecule has 3 aliphatic carbocycles. The average Bonchev–Trinajstić information content (AvgIpc) is 3.74. The Morgan fingerprint density at radius 3 is 2.13 bits per heavy atom. The van der Waals surface area contributed by atoms with E-state index in [1.54, 1.807) is 24.3 Å². The normalized spacial score (nSPS) is 23.2. The number of halogens is 3. The van der Waals surface area contributed by atoms with E-state index in [4.69, 9.17) is 5.73 Å². The first kappa shape index (κ1) is 27.6. The van der Waals surface area contributed by atoms with E-state index in [0.29, 0.717) is 24.4 Å². The number of benzene rings is 2. The van der Waals surface area contributed by atoms with Crippen LogP contribution in [0, 0.1) is 5.92 Å². The summed E-state index contributed by atoms with van der Waals surface area (Å²) in [5.41, 5.74) is 6.61. The summed E-state index contributed by atoms with van der Waals surface area (Å²) in [6.45, 7) is 2.63. The van der Waals surface area contributed by atoms with E-state index in [9.17, 15) is 22.8 Å². The second-order valence-electron chi connectivity index (χ2n) is 12.1. The molecule has 6 nitrogen and oxygen atoms in total. The van der Waals surface area contributed by atoms with Gasteiger partial charge in [-0.05, 0) is 74.1 Å². The highest BCUT2D eigenvalue weighted by Crippen LogP contribution is 2.48. The highest BCUT2D eigenvalue weighted by molar-refractivity contribution is 5.84. The van der Waals surface area contributed by atoms with Gasteiger partial charge in [0.2, 0.25) is 11.8 Å². The van der Waals surface area contributed by atoms with Crippen molar-refractivity contribution in [3.8, 4) is 11.1 Å². The van der Waals surface area contributed by atoms with Crippen molar-refractivity contribution in [1.29, 1.82) is 0 Å². The number of hydrogen-bond acceptors (Lipinski definition) is 4. The largest absolute Gasteiger partial charge is 0.353 e. The van der Waals surface area contributed by atoms with Crippen LogP contribution in [-0.2, 0) is 9.59 Å². The molecule has 0 radical (unpaired) electrons. The molecule has 5 rings (SSSR count). The van der Waals surface area contributed by atoms with Crippen molar-refractivity contribution in [3.05, 3.63) is 59.7 Å². The van der Waals surface area contributed by atoms with Crippen LogP contribution in [-0.4, -0.2) is 41.7 Å². The van der Waals surface area contributed by atoms with Crippen molar-refractivity contribution in [2.45, 2.75) is 94.2 Å². The maximum atomic E-state index is 14.5. The average molecular weight is 543 g/mol. The molecule has 0 bridgehead atoms. The molecule has 5 N–H and O–H groups in total. The monoisotopic (exact) mass is 542 g/mol. The molecule has 0 aliphatic heterocycles. The van der Waals surface area contributed by atoms with Crippen LogP contribution in [0.15, 0.2) is 48.5 Å². The highest BCUT2D eigenvalue weighted by Gasteiger charge is 2.45. The summed E-state index contributed by atoms with van der Waals surface area (Å²) in [5, 5.41) is 8.43. The Morgan fingerprint density at radius 2 is 1.62 bits per heavy atom. The number of nitrogens with two attached hydrogens (primary N) is 1. The van der Waals surface area contributed by atoms with Crippen LogP contribution in [0.1, 0.15) is 75.5 Å². The number of carbonyl (C=O) groups is 2. The predicted molar refractivity (Wildman–Crippen MR) is 144 cm³/mol. The minimum atomic E-state index is -2.82. The first-order valence-electron chi connectivity index (χ1n) is 13.8. The SMILES string of the molecule is CC(C)(F)C[C@H](N[C@@H](c1ccc(-c2ccc(C3C[C@H]3C(=O)NC3CC3)cc2)cc1)C(F)F)C(=O)NC1(N)CC1. The van der Waals surface area contributed by atoms with E-state index in [0.717, 1.165) is 36.0 Å². The van der Waals surface area contributed by atoms with Gasteiger partial charge in [0.25, 0.3) is 6.43 Å². The van der Waals surface area contributed by atoms with E-state index >= 15 is 0 Å². The Hall–Kier alpha value is -2.91. The number of amides is 2. The maximum Gasteiger partial charge on any atom is 0.257 e. The number of nitrogens with one attached hydrogen (secondary N) is 3. The van der Waals surface area contributed by atoms with Crippen molar-refractivity contribution in [2.24, 2.45) is 11.7 Å². The van der Waals surface area contributed by atoms with Crippen LogP contribution in [0.25, 0.3) is 11.1 Å².